The molecule has 1 aromatic heterocycles. The van der Waals surface area contributed by atoms with Gasteiger partial charge in [0.1, 0.15) is 17.5 Å². The highest BCUT2D eigenvalue weighted by molar-refractivity contribution is 7.07. The van der Waals surface area contributed by atoms with Gasteiger partial charge in [-0.05, 0) is 66.6 Å². The molecule has 0 bridgehead atoms. The molecule has 0 fully saturated rings. The summed E-state index contributed by atoms with van der Waals surface area (Å²) in [6.07, 6.45) is 1.85. The zero-order chi connectivity index (χ0) is 28.6. The van der Waals surface area contributed by atoms with Gasteiger partial charge in [-0.2, -0.15) is 0 Å². The van der Waals surface area contributed by atoms with Crippen LogP contribution in [0.1, 0.15) is 31.0 Å². The number of nitrogens with zero attached hydrogens (tertiary/aromatic N) is 3. The fourth-order valence-electron chi connectivity index (χ4n) is 4.97. The van der Waals surface area contributed by atoms with Crippen molar-refractivity contribution in [3.8, 4) is 11.5 Å². The maximum Gasteiger partial charge on any atom is 0.338 e. The standard InChI is InChI=1S/C31H31N3O5S/c1-7-39-30(36)26-18(2)32-31-34(29(35)25(40-31)16-19-8-12-21(13-9-19)33(3)4)28(26)27-23-17-22(37-5)14-10-20(23)11-15-24(27)38-6/h8-17,28H,7H2,1-6H3/b25-16-/t28-/m0/s1. The van der Waals surface area contributed by atoms with Gasteiger partial charge in [0.05, 0.1) is 36.6 Å². The molecule has 5 rings (SSSR count). The summed E-state index contributed by atoms with van der Waals surface area (Å²) in [5, 5.41) is 1.71. The molecule has 4 aromatic rings. The van der Waals surface area contributed by atoms with Crippen LogP contribution < -0.4 is 29.3 Å². The van der Waals surface area contributed by atoms with E-state index in [4.69, 9.17) is 19.2 Å². The number of hydrogen-bond acceptors (Lipinski definition) is 8. The second kappa shape index (κ2) is 11.0. The number of carbonyl (C=O) groups excluding carboxylic acids is 1. The van der Waals surface area contributed by atoms with Crippen LogP contribution in [0.3, 0.4) is 0 Å². The van der Waals surface area contributed by atoms with Crippen molar-refractivity contribution in [2.75, 3.05) is 39.8 Å². The minimum Gasteiger partial charge on any atom is -0.497 e. The molecule has 0 amide bonds. The Morgan fingerprint density at radius 1 is 1.07 bits per heavy atom. The molecule has 1 aliphatic rings. The molecule has 206 valence electrons. The lowest BCUT2D eigenvalue weighted by molar-refractivity contribution is -0.139. The van der Waals surface area contributed by atoms with Crippen molar-refractivity contribution in [3.63, 3.8) is 0 Å². The number of anilines is 1. The molecule has 0 unspecified atom stereocenters. The second-order valence-electron chi connectivity index (χ2n) is 9.56. The molecular formula is C31H31N3O5S. The Hall–Kier alpha value is -4.37. The average molecular weight is 558 g/mol. The van der Waals surface area contributed by atoms with E-state index in [1.807, 2.05) is 79.7 Å². The van der Waals surface area contributed by atoms with Crippen LogP contribution in [0.4, 0.5) is 5.69 Å². The molecule has 0 N–H and O–H groups in total. The van der Waals surface area contributed by atoms with Gasteiger partial charge in [0, 0.05) is 25.3 Å². The summed E-state index contributed by atoms with van der Waals surface area (Å²) < 4.78 is 18.9. The Balaban J connectivity index is 1.81. The van der Waals surface area contributed by atoms with E-state index in [1.54, 1.807) is 32.6 Å². The molecule has 40 heavy (non-hydrogen) atoms. The zero-order valence-electron chi connectivity index (χ0n) is 23.3. The van der Waals surface area contributed by atoms with E-state index in [9.17, 15) is 9.59 Å². The number of fused-ring (bicyclic) bond motifs is 2. The molecule has 8 nitrogen and oxygen atoms in total. The van der Waals surface area contributed by atoms with E-state index in [0.717, 1.165) is 22.0 Å². The SMILES string of the molecule is CCOC(=O)C1=C(C)N=c2s/c(=C\c3ccc(N(C)C)cc3)c(=O)n2[C@@H]1c1c(OC)ccc2ccc(OC)cc12. The molecular weight excluding hydrogens is 526 g/mol. The van der Waals surface area contributed by atoms with Gasteiger partial charge in [-0.25, -0.2) is 9.79 Å². The normalized spacial score (nSPS) is 15.1. The van der Waals surface area contributed by atoms with E-state index >= 15 is 0 Å². The Bertz CT molecular complexity index is 1810. The summed E-state index contributed by atoms with van der Waals surface area (Å²) in [6, 6.07) is 16.6. The van der Waals surface area contributed by atoms with Gasteiger partial charge in [0.25, 0.3) is 5.56 Å². The van der Waals surface area contributed by atoms with Gasteiger partial charge in [-0.1, -0.05) is 35.6 Å². The molecule has 9 heteroatoms. The van der Waals surface area contributed by atoms with E-state index in [0.29, 0.717) is 37.7 Å². The molecule has 2 heterocycles. The lowest BCUT2D eigenvalue weighted by Gasteiger charge is -2.27. The van der Waals surface area contributed by atoms with Gasteiger partial charge in [-0.15, -0.1) is 0 Å². The number of ether oxygens (including phenoxy) is 3. The summed E-state index contributed by atoms with van der Waals surface area (Å²) in [4.78, 5) is 34.8. The third-order valence-corrected chi connectivity index (χ3v) is 7.93. The second-order valence-corrected chi connectivity index (χ2v) is 10.6. The fourth-order valence-corrected chi connectivity index (χ4v) is 6.02. The number of hydrogen-bond donors (Lipinski definition) is 0. The van der Waals surface area contributed by atoms with Gasteiger partial charge in [-0.3, -0.25) is 9.36 Å². The minimum atomic E-state index is -0.820. The number of methoxy groups -OCH3 is 2. The van der Waals surface area contributed by atoms with Gasteiger partial charge < -0.3 is 19.1 Å². The van der Waals surface area contributed by atoms with Crippen molar-refractivity contribution in [1.82, 2.24) is 4.57 Å². The summed E-state index contributed by atoms with van der Waals surface area (Å²) in [5.74, 6) is 0.661. The number of thiazole rings is 1. The molecule has 1 atom stereocenters. The number of benzene rings is 3. The van der Waals surface area contributed by atoms with Crippen molar-refractivity contribution in [2.24, 2.45) is 4.99 Å². The zero-order valence-corrected chi connectivity index (χ0v) is 24.2. The third-order valence-electron chi connectivity index (χ3n) is 6.95. The van der Waals surface area contributed by atoms with Crippen LogP contribution in [0, 0.1) is 0 Å². The van der Waals surface area contributed by atoms with E-state index < -0.39 is 12.0 Å². The van der Waals surface area contributed by atoms with Crippen molar-refractivity contribution in [2.45, 2.75) is 19.9 Å². The van der Waals surface area contributed by atoms with Crippen molar-refractivity contribution in [1.29, 1.82) is 0 Å². The predicted octanol–water partition coefficient (Wildman–Crippen LogP) is 4.03. The van der Waals surface area contributed by atoms with Crippen LogP contribution in [-0.2, 0) is 9.53 Å². The van der Waals surface area contributed by atoms with Crippen LogP contribution in [0.5, 0.6) is 11.5 Å². The lowest BCUT2D eigenvalue weighted by Crippen LogP contribution is -2.40. The molecule has 0 saturated heterocycles. The van der Waals surface area contributed by atoms with Crippen LogP contribution >= 0.6 is 11.3 Å². The topological polar surface area (TPSA) is 82.4 Å². The summed E-state index contributed by atoms with van der Waals surface area (Å²) in [7, 11) is 7.14. The molecule has 0 saturated carbocycles. The number of esters is 1. The van der Waals surface area contributed by atoms with Crippen molar-refractivity contribution >= 4 is 39.8 Å². The maximum absolute atomic E-state index is 14.1. The Morgan fingerprint density at radius 3 is 2.45 bits per heavy atom. The van der Waals surface area contributed by atoms with Crippen molar-refractivity contribution < 1.29 is 19.0 Å². The third kappa shape index (κ3) is 4.77. The van der Waals surface area contributed by atoms with Crippen molar-refractivity contribution in [3.05, 3.63) is 96.7 Å². The number of aromatic nitrogens is 1. The Labute approximate surface area is 236 Å². The number of allylic oxidation sites excluding steroid dienone is 1. The van der Waals surface area contributed by atoms with Crippen LogP contribution in [0.15, 0.2) is 75.7 Å². The van der Waals surface area contributed by atoms with Gasteiger partial charge in [0.15, 0.2) is 4.80 Å². The highest BCUT2D eigenvalue weighted by atomic mass is 32.1. The molecule has 0 aliphatic carbocycles. The first kappa shape index (κ1) is 27.2. The van der Waals surface area contributed by atoms with Crippen LogP contribution in [-0.4, -0.2) is 45.5 Å². The molecule has 0 spiro atoms. The quantitative estimate of drug-likeness (QED) is 0.319. The monoisotopic (exact) mass is 557 g/mol. The Kier molecular flexibility index (Phi) is 7.49. The first-order valence-corrected chi connectivity index (χ1v) is 13.7. The van der Waals surface area contributed by atoms with Gasteiger partial charge in [0.2, 0.25) is 0 Å². The fraction of sp³-hybridized carbons (Fsp3) is 0.258. The largest absolute Gasteiger partial charge is 0.497 e. The first-order valence-electron chi connectivity index (χ1n) is 12.9. The predicted molar refractivity (Wildman–Crippen MR) is 158 cm³/mol. The molecule has 0 radical (unpaired) electrons. The molecule has 3 aromatic carbocycles. The number of rotatable bonds is 7. The molecule has 1 aliphatic heterocycles. The van der Waals surface area contributed by atoms with E-state index in [2.05, 4.69) is 0 Å². The van der Waals surface area contributed by atoms with Gasteiger partial charge >= 0.3 is 5.97 Å². The summed E-state index contributed by atoms with van der Waals surface area (Å²) in [6.45, 7) is 3.72. The smallest absolute Gasteiger partial charge is 0.338 e. The summed E-state index contributed by atoms with van der Waals surface area (Å²) in [5.41, 5.74) is 3.16. The average Bonchev–Trinajstić information content (AvgIpc) is 3.25. The summed E-state index contributed by atoms with van der Waals surface area (Å²) >= 11 is 1.29. The maximum atomic E-state index is 14.1. The van der Waals surface area contributed by atoms with E-state index in [1.165, 1.54) is 11.3 Å². The highest BCUT2D eigenvalue weighted by Crippen LogP contribution is 2.41. The van der Waals surface area contributed by atoms with Crippen LogP contribution in [0.25, 0.3) is 16.8 Å². The van der Waals surface area contributed by atoms with Crippen LogP contribution in [0.2, 0.25) is 0 Å². The lowest BCUT2D eigenvalue weighted by atomic mass is 9.90. The highest BCUT2D eigenvalue weighted by Gasteiger charge is 2.36. The first-order chi connectivity index (χ1) is 19.3. The Morgan fingerprint density at radius 2 is 1.80 bits per heavy atom. The van der Waals surface area contributed by atoms with E-state index in [-0.39, 0.29) is 12.2 Å². The number of carbonyl (C=O) groups is 1. The minimum absolute atomic E-state index is 0.191.